The van der Waals surface area contributed by atoms with E-state index in [-0.39, 0.29) is 6.03 Å². The van der Waals surface area contributed by atoms with Crippen LogP contribution in [0.4, 0.5) is 19.3 Å². The first-order chi connectivity index (χ1) is 12.0. The van der Waals surface area contributed by atoms with E-state index in [4.69, 9.17) is 0 Å². The number of nitrogens with one attached hydrogen (secondary N) is 1. The summed E-state index contributed by atoms with van der Waals surface area (Å²) in [6.07, 6.45) is 3.50. The third kappa shape index (κ3) is 4.04. The van der Waals surface area contributed by atoms with Crippen molar-refractivity contribution in [1.29, 1.82) is 0 Å². The molecule has 5 nitrogen and oxygen atoms in total. The Morgan fingerprint density at radius 1 is 1.08 bits per heavy atom. The van der Waals surface area contributed by atoms with E-state index in [1.54, 1.807) is 24.2 Å². The van der Waals surface area contributed by atoms with E-state index in [2.05, 4.69) is 15.2 Å². The van der Waals surface area contributed by atoms with Gasteiger partial charge >= 0.3 is 6.03 Å². The van der Waals surface area contributed by atoms with Crippen molar-refractivity contribution in [2.75, 3.05) is 31.1 Å². The summed E-state index contributed by atoms with van der Waals surface area (Å²) < 4.78 is 26.3. The fourth-order valence-corrected chi connectivity index (χ4v) is 2.86. The zero-order chi connectivity index (χ0) is 17.8. The van der Waals surface area contributed by atoms with Crippen LogP contribution in [0, 0.1) is 11.6 Å². The van der Waals surface area contributed by atoms with Crippen LogP contribution in [0.1, 0.15) is 18.5 Å². The summed E-state index contributed by atoms with van der Waals surface area (Å²) in [5.41, 5.74) is 1.62. The number of pyridine rings is 1. The van der Waals surface area contributed by atoms with E-state index >= 15 is 0 Å². The molecule has 0 aliphatic carbocycles. The number of anilines is 1. The summed E-state index contributed by atoms with van der Waals surface area (Å²) >= 11 is 0. The summed E-state index contributed by atoms with van der Waals surface area (Å²) in [4.78, 5) is 20.3. The maximum atomic E-state index is 13.3. The van der Waals surface area contributed by atoms with Crippen molar-refractivity contribution in [1.82, 2.24) is 15.2 Å². The quantitative estimate of drug-likeness (QED) is 0.930. The molecule has 1 fully saturated rings. The number of piperazine rings is 1. The zero-order valence-electron chi connectivity index (χ0n) is 14.0. The van der Waals surface area contributed by atoms with E-state index in [1.807, 2.05) is 12.1 Å². The number of hydrogen-bond acceptors (Lipinski definition) is 3. The average Bonchev–Trinajstić information content (AvgIpc) is 2.64. The Balaban J connectivity index is 1.55. The molecule has 1 aromatic heterocycles. The van der Waals surface area contributed by atoms with Gasteiger partial charge in [-0.2, -0.15) is 0 Å². The Morgan fingerprint density at radius 2 is 1.76 bits per heavy atom. The molecule has 2 heterocycles. The van der Waals surface area contributed by atoms with E-state index < -0.39 is 17.7 Å². The van der Waals surface area contributed by atoms with Crippen LogP contribution in [-0.2, 0) is 0 Å². The van der Waals surface area contributed by atoms with Crippen LogP contribution in [0.2, 0.25) is 0 Å². The number of nitrogens with zero attached hydrogens (tertiary/aromatic N) is 3. The highest BCUT2D eigenvalue weighted by molar-refractivity contribution is 5.75. The fourth-order valence-electron chi connectivity index (χ4n) is 2.86. The SMILES string of the molecule is CC(NC(=O)N1CCN(c2ccncc2)CC1)c1ccc(F)c(F)c1. The number of rotatable bonds is 3. The van der Waals surface area contributed by atoms with Gasteiger partial charge in [-0.15, -0.1) is 0 Å². The van der Waals surface area contributed by atoms with Crippen LogP contribution >= 0.6 is 0 Å². The molecule has 1 atom stereocenters. The molecule has 2 amide bonds. The van der Waals surface area contributed by atoms with Gasteiger partial charge in [0, 0.05) is 44.3 Å². The molecule has 0 spiro atoms. The van der Waals surface area contributed by atoms with Crippen molar-refractivity contribution in [3.63, 3.8) is 0 Å². The maximum Gasteiger partial charge on any atom is 0.317 e. The summed E-state index contributed by atoms with van der Waals surface area (Å²) in [5.74, 6) is -1.81. The van der Waals surface area contributed by atoms with Crippen molar-refractivity contribution < 1.29 is 13.6 Å². The van der Waals surface area contributed by atoms with Gasteiger partial charge in [-0.05, 0) is 36.8 Å². The highest BCUT2D eigenvalue weighted by atomic mass is 19.2. The smallest absolute Gasteiger partial charge is 0.317 e. The number of carbonyl (C=O) groups excluding carboxylic acids is 1. The minimum Gasteiger partial charge on any atom is -0.368 e. The Labute approximate surface area is 145 Å². The van der Waals surface area contributed by atoms with Gasteiger partial charge in [-0.1, -0.05) is 6.07 Å². The first kappa shape index (κ1) is 17.1. The Morgan fingerprint density at radius 3 is 2.40 bits per heavy atom. The van der Waals surface area contributed by atoms with Crippen molar-refractivity contribution >= 4 is 11.7 Å². The third-order valence-electron chi connectivity index (χ3n) is 4.38. The molecule has 2 aromatic rings. The van der Waals surface area contributed by atoms with E-state index in [9.17, 15) is 13.6 Å². The lowest BCUT2D eigenvalue weighted by molar-refractivity contribution is 0.191. The molecule has 1 N–H and O–H groups in total. The number of halogens is 2. The fraction of sp³-hybridized carbons (Fsp3) is 0.333. The van der Waals surface area contributed by atoms with Gasteiger partial charge in [0.05, 0.1) is 6.04 Å². The highest BCUT2D eigenvalue weighted by Gasteiger charge is 2.22. The van der Waals surface area contributed by atoms with Gasteiger partial charge in [-0.25, -0.2) is 13.6 Å². The standard InChI is InChI=1S/C18H20F2N4O/c1-13(14-2-3-16(19)17(20)12-14)22-18(25)24-10-8-23(9-11-24)15-4-6-21-7-5-15/h2-7,12-13H,8-11H2,1H3,(H,22,25). The maximum absolute atomic E-state index is 13.3. The second kappa shape index (κ2) is 7.46. The van der Waals surface area contributed by atoms with Crippen LogP contribution in [0.3, 0.4) is 0 Å². The average molecular weight is 346 g/mol. The lowest BCUT2D eigenvalue weighted by Gasteiger charge is -2.36. The van der Waals surface area contributed by atoms with Crippen LogP contribution < -0.4 is 10.2 Å². The van der Waals surface area contributed by atoms with Crippen LogP contribution in [0.25, 0.3) is 0 Å². The molecule has 1 unspecified atom stereocenters. The molecule has 1 aliphatic heterocycles. The van der Waals surface area contributed by atoms with Gasteiger partial charge in [-0.3, -0.25) is 4.98 Å². The van der Waals surface area contributed by atoms with Gasteiger partial charge in [0.15, 0.2) is 11.6 Å². The predicted molar refractivity (Wildman–Crippen MR) is 91.3 cm³/mol. The van der Waals surface area contributed by atoms with Crippen molar-refractivity contribution in [3.8, 4) is 0 Å². The minimum atomic E-state index is -0.912. The van der Waals surface area contributed by atoms with E-state index in [0.717, 1.165) is 30.9 Å². The Bertz CT molecular complexity index is 733. The number of aromatic nitrogens is 1. The molecule has 0 radical (unpaired) electrons. The molecule has 1 aromatic carbocycles. The normalized spacial score (nSPS) is 15.8. The molecule has 7 heteroatoms. The lowest BCUT2D eigenvalue weighted by Crippen LogP contribution is -2.52. The van der Waals surface area contributed by atoms with Gasteiger partial charge in [0.1, 0.15) is 0 Å². The predicted octanol–water partition coefficient (Wildman–Crippen LogP) is 2.95. The molecule has 1 aliphatic rings. The lowest BCUT2D eigenvalue weighted by atomic mass is 10.1. The summed E-state index contributed by atoms with van der Waals surface area (Å²) in [6, 6.07) is 6.95. The molecular weight excluding hydrogens is 326 g/mol. The topological polar surface area (TPSA) is 48.5 Å². The van der Waals surface area contributed by atoms with Crippen LogP contribution in [-0.4, -0.2) is 42.1 Å². The zero-order valence-corrected chi connectivity index (χ0v) is 14.0. The minimum absolute atomic E-state index is 0.202. The summed E-state index contributed by atoms with van der Waals surface area (Å²) in [7, 11) is 0. The second-order valence-corrected chi connectivity index (χ2v) is 6.02. The van der Waals surface area contributed by atoms with E-state index in [1.165, 1.54) is 6.07 Å². The molecule has 3 rings (SSSR count). The molecule has 0 bridgehead atoms. The van der Waals surface area contributed by atoms with Gasteiger partial charge in [0.25, 0.3) is 0 Å². The molecule has 25 heavy (non-hydrogen) atoms. The Hall–Kier alpha value is -2.70. The van der Waals surface area contributed by atoms with Crippen molar-refractivity contribution in [2.45, 2.75) is 13.0 Å². The highest BCUT2D eigenvalue weighted by Crippen LogP contribution is 2.18. The number of urea groups is 1. The number of amides is 2. The van der Waals surface area contributed by atoms with Crippen molar-refractivity contribution in [2.24, 2.45) is 0 Å². The Kier molecular flexibility index (Phi) is 5.11. The van der Waals surface area contributed by atoms with Crippen LogP contribution in [0.5, 0.6) is 0 Å². The first-order valence-electron chi connectivity index (χ1n) is 8.20. The second-order valence-electron chi connectivity index (χ2n) is 6.02. The van der Waals surface area contributed by atoms with Crippen molar-refractivity contribution in [3.05, 3.63) is 59.9 Å². The van der Waals surface area contributed by atoms with Crippen LogP contribution in [0.15, 0.2) is 42.7 Å². The van der Waals surface area contributed by atoms with E-state index in [0.29, 0.717) is 18.7 Å². The molecule has 0 saturated carbocycles. The van der Waals surface area contributed by atoms with Gasteiger partial charge < -0.3 is 15.1 Å². The van der Waals surface area contributed by atoms with Gasteiger partial charge in [0.2, 0.25) is 0 Å². The monoisotopic (exact) mass is 346 g/mol. The summed E-state index contributed by atoms with van der Waals surface area (Å²) in [5, 5.41) is 2.84. The molecule has 1 saturated heterocycles. The first-order valence-corrected chi connectivity index (χ1v) is 8.20. The third-order valence-corrected chi connectivity index (χ3v) is 4.38. The summed E-state index contributed by atoms with van der Waals surface area (Å²) in [6.45, 7) is 4.41. The largest absolute Gasteiger partial charge is 0.368 e. The number of hydrogen-bond donors (Lipinski definition) is 1. The number of carbonyl (C=O) groups is 1. The molecular formula is C18H20F2N4O. The molecule has 132 valence electrons. The number of benzene rings is 1.